The Hall–Kier alpha value is -2.84. The van der Waals surface area contributed by atoms with E-state index in [1.807, 2.05) is 6.92 Å². The maximum atomic E-state index is 6.65. The number of nitrogens with two attached hydrogens (primary N) is 1. The van der Waals surface area contributed by atoms with E-state index in [0.29, 0.717) is 39.2 Å². The van der Waals surface area contributed by atoms with Gasteiger partial charge in [-0.25, -0.2) is 15.0 Å². The molecule has 1 aliphatic rings. The standard InChI is InChI=1S/C20H22ClN5O3/c1-10-14(28-3)6-15(29-4)18(21)17(10)19-24-13-7-23-16(22)5-12(13)20(25-19)26-8-11(9-26)27-2/h5-7,11H,8-9H2,1-4H3,(H2,22,23). The number of nitrogens with zero attached hydrogens (tertiary/aromatic N) is 4. The van der Waals surface area contributed by atoms with Crippen molar-refractivity contribution in [1.29, 1.82) is 0 Å². The molecule has 152 valence electrons. The predicted molar refractivity (Wildman–Crippen MR) is 113 cm³/mol. The van der Waals surface area contributed by atoms with E-state index in [-0.39, 0.29) is 6.10 Å². The van der Waals surface area contributed by atoms with Crippen molar-refractivity contribution in [2.75, 3.05) is 45.1 Å². The lowest BCUT2D eigenvalue weighted by atomic mass is 10.1. The average molecular weight is 416 g/mol. The molecule has 1 aliphatic heterocycles. The van der Waals surface area contributed by atoms with Crippen molar-refractivity contribution < 1.29 is 14.2 Å². The van der Waals surface area contributed by atoms with Gasteiger partial charge in [0.15, 0.2) is 5.82 Å². The van der Waals surface area contributed by atoms with Gasteiger partial charge in [0.25, 0.3) is 0 Å². The Morgan fingerprint density at radius 1 is 1.10 bits per heavy atom. The van der Waals surface area contributed by atoms with Gasteiger partial charge in [0.05, 0.1) is 37.1 Å². The van der Waals surface area contributed by atoms with Crippen LogP contribution in [-0.4, -0.2) is 55.5 Å². The number of anilines is 2. The van der Waals surface area contributed by atoms with Gasteiger partial charge in [-0.05, 0) is 13.0 Å². The van der Waals surface area contributed by atoms with Gasteiger partial charge in [0.2, 0.25) is 0 Å². The Kier molecular flexibility index (Phi) is 5.06. The van der Waals surface area contributed by atoms with E-state index in [9.17, 15) is 0 Å². The molecule has 0 radical (unpaired) electrons. The average Bonchev–Trinajstić information content (AvgIpc) is 2.68. The molecule has 2 aromatic heterocycles. The van der Waals surface area contributed by atoms with Crippen LogP contribution < -0.4 is 20.1 Å². The number of methoxy groups -OCH3 is 3. The number of pyridine rings is 1. The number of ether oxygens (including phenoxy) is 3. The molecule has 0 atom stereocenters. The Morgan fingerprint density at radius 2 is 1.83 bits per heavy atom. The highest BCUT2D eigenvalue weighted by Gasteiger charge is 2.30. The fraction of sp³-hybridized carbons (Fsp3) is 0.350. The van der Waals surface area contributed by atoms with Crippen molar-refractivity contribution in [2.24, 2.45) is 0 Å². The Balaban J connectivity index is 1.95. The maximum absolute atomic E-state index is 6.65. The summed E-state index contributed by atoms with van der Waals surface area (Å²) >= 11 is 6.65. The van der Waals surface area contributed by atoms with Crippen LogP contribution >= 0.6 is 11.6 Å². The number of hydrogen-bond donors (Lipinski definition) is 1. The monoisotopic (exact) mass is 415 g/mol. The smallest absolute Gasteiger partial charge is 0.164 e. The zero-order chi connectivity index (χ0) is 20.7. The van der Waals surface area contributed by atoms with Crippen LogP contribution in [-0.2, 0) is 4.74 Å². The van der Waals surface area contributed by atoms with E-state index in [1.165, 1.54) is 0 Å². The van der Waals surface area contributed by atoms with Crippen molar-refractivity contribution in [3.05, 3.63) is 28.9 Å². The lowest BCUT2D eigenvalue weighted by Gasteiger charge is -2.39. The first kappa shape index (κ1) is 19.5. The molecule has 0 saturated carbocycles. The summed E-state index contributed by atoms with van der Waals surface area (Å²) in [6.45, 7) is 3.38. The predicted octanol–water partition coefficient (Wildman–Crippen LogP) is 3.09. The third-order valence-corrected chi connectivity index (χ3v) is 5.55. The van der Waals surface area contributed by atoms with Gasteiger partial charge in [-0.1, -0.05) is 11.6 Å². The number of aromatic nitrogens is 3. The molecule has 3 heterocycles. The zero-order valence-electron chi connectivity index (χ0n) is 16.7. The normalized spacial score (nSPS) is 14.2. The summed E-state index contributed by atoms with van der Waals surface area (Å²) in [4.78, 5) is 15.9. The number of benzene rings is 1. The highest BCUT2D eigenvalue weighted by Crippen LogP contribution is 2.43. The van der Waals surface area contributed by atoms with E-state index in [0.717, 1.165) is 29.9 Å². The first-order chi connectivity index (χ1) is 14.0. The molecular weight excluding hydrogens is 394 g/mol. The molecule has 0 bridgehead atoms. The third kappa shape index (κ3) is 3.28. The molecule has 29 heavy (non-hydrogen) atoms. The van der Waals surface area contributed by atoms with Crippen molar-refractivity contribution in [1.82, 2.24) is 15.0 Å². The second kappa shape index (κ2) is 7.53. The molecule has 8 nitrogen and oxygen atoms in total. The lowest BCUT2D eigenvalue weighted by Crippen LogP contribution is -2.52. The molecule has 9 heteroatoms. The van der Waals surface area contributed by atoms with Crippen LogP contribution in [0.1, 0.15) is 5.56 Å². The van der Waals surface area contributed by atoms with E-state index >= 15 is 0 Å². The second-order valence-electron chi connectivity index (χ2n) is 6.85. The summed E-state index contributed by atoms with van der Waals surface area (Å²) in [6, 6.07) is 3.54. The van der Waals surface area contributed by atoms with E-state index in [1.54, 1.807) is 39.7 Å². The highest BCUT2D eigenvalue weighted by atomic mass is 35.5. The Labute approximate surface area is 173 Å². The van der Waals surface area contributed by atoms with E-state index in [4.69, 9.17) is 41.5 Å². The van der Waals surface area contributed by atoms with Gasteiger partial charge < -0.3 is 24.8 Å². The molecule has 2 N–H and O–H groups in total. The van der Waals surface area contributed by atoms with Crippen LogP contribution in [0, 0.1) is 6.92 Å². The molecule has 1 fully saturated rings. The number of halogens is 1. The molecule has 0 spiro atoms. The summed E-state index contributed by atoms with van der Waals surface area (Å²) < 4.78 is 16.3. The fourth-order valence-electron chi connectivity index (χ4n) is 3.47. The summed E-state index contributed by atoms with van der Waals surface area (Å²) in [5.41, 5.74) is 8.08. The van der Waals surface area contributed by atoms with Gasteiger partial charge in [-0.15, -0.1) is 0 Å². The highest BCUT2D eigenvalue weighted by molar-refractivity contribution is 6.35. The van der Waals surface area contributed by atoms with E-state index < -0.39 is 0 Å². The van der Waals surface area contributed by atoms with Gasteiger partial charge >= 0.3 is 0 Å². The summed E-state index contributed by atoms with van der Waals surface area (Å²) in [6.07, 6.45) is 1.82. The molecule has 0 amide bonds. The lowest BCUT2D eigenvalue weighted by molar-refractivity contribution is 0.0785. The molecule has 3 aromatic rings. The van der Waals surface area contributed by atoms with Crippen molar-refractivity contribution in [2.45, 2.75) is 13.0 Å². The van der Waals surface area contributed by atoms with Crippen LogP contribution in [0.2, 0.25) is 5.02 Å². The summed E-state index contributed by atoms with van der Waals surface area (Å²) in [7, 11) is 4.87. The Bertz CT molecular complexity index is 1060. The first-order valence-electron chi connectivity index (χ1n) is 9.09. The van der Waals surface area contributed by atoms with Crippen LogP contribution in [0.25, 0.3) is 22.3 Å². The maximum Gasteiger partial charge on any atom is 0.164 e. The van der Waals surface area contributed by atoms with Gasteiger partial charge in [-0.2, -0.15) is 0 Å². The molecule has 1 aromatic carbocycles. The van der Waals surface area contributed by atoms with Crippen LogP contribution in [0.3, 0.4) is 0 Å². The SMILES string of the molecule is COc1cc(OC)c(Cl)c(-c2nc(N3CC(OC)C3)c3cc(N)ncc3n2)c1C. The van der Waals surface area contributed by atoms with Crippen LogP contribution in [0.15, 0.2) is 18.3 Å². The van der Waals surface area contributed by atoms with Gasteiger partial charge in [-0.3, -0.25) is 0 Å². The minimum atomic E-state index is 0.171. The number of nitrogen functional groups attached to an aromatic ring is 1. The first-order valence-corrected chi connectivity index (χ1v) is 9.47. The Morgan fingerprint density at radius 3 is 2.48 bits per heavy atom. The molecular formula is C20H22ClN5O3. The van der Waals surface area contributed by atoms with Crippen LogP contribution in [0.5, 0.6) is 11.5 Å². The summed E-state index contributed by atoms with van der Waals surface area (Å²) in [5.74, 6) is 2.79. The zero-order valence-corrected chi connectivity index (χ0v) is 17.4. The fourth-order valence-corrected chi connectivity index (χ4v) is 3.83. The molecule has 0 unspecified atom stereocenters. The van der Waals surface area contributed by atoms with Crippen molar-refractivity contribution >= 4 is 34.1 Å². The largest absolute Gasteiger partial charge is 0.496 e. The summed E-state index contributed by atoms with van der Waals surface area (Å²) in [5, 5.41) is 1.26. The minimum absolute atomic E-state index is 0.171. The number of hydrogen-bond acceptors (Lipinski definition) is 8. The molecule has 1 saturated heterocycles. The van der Waals surface area contributed by atoms with E-state index in [2.05, 4.69) is 9.88 Å². The molecule has 4 rings (SSSR count). The number of fused-ring (bicyclic) bond motifs is 1. The van der Waals surface area contributed by atoms with Gasteiger partial charge in [0, 0.05) is 42.8 Å². The van der Waals surface area contributed by atoms with Crippen molar-refractivity contribution in [3.63, 3.8) is 0 Å². The van der Waals surface area contributed by atoms with Crippen molar-refractivity contribution in [3.8, 4) is 22.9 Å². The topological polar surface area (TPSA) is 95.6 Å². The quantitative estimate of drug-likeness (QED) is 0.679. The third-order valence-electron chi connectivity index (χ3n) is 5.17. The second-order valence-corrected chi connectivity index (χ2v) is 7.23. The minimum Gasteiger partial charge on any atom is -0.496 e. The van der Waals surface area contributed by atoms with Crippen LogP contribution in [0.4, 0.5) is 11.6 Å². The number of rotatable bonds is 5. The molecule has 0 aliphatic carbocycles. The van der Waals surface area contributed by atoms with Gasteiger partial charge in [0.1, 0.15) is 23.1 Å².